The fourth-order valence-corrected chi connectivity index (χ4v) is 2.48. The van der Waals surface area contributed by atoms with E-state index in [2.05, 4.69) is 15.6 Å². The highest BCUT2D eigenvalue weighted by Gasteiger charge is 2.10. The predicted molar refractivity (Wildman–Crippen MR) is 107 cm³/mol. The Bertz CT molecular complexity index is 1030. The molecule has 0 fully saturated rings. The van der Waals surface area contributed by atoms with Crippen molar-refractivity contribution in [2.45, 2.75) is 20.1 Å². The highest BCUT2D eigenvalue weighted by Crippen LogP contribution is 2.15. The Labute approximate surface area is 166 Å². The summed E-state index contributed by atoms with van der Waals surface area (Å²) in [6.07, 6.45) is 3.76. The minimum Gasteiger partial charge on any atom is -0.489 e. The van der Waals surface area contributed by atoms with Crippen molar-refractivity contribution in [3.05, 3.63) is 87.7 Å². The normalized spacial score (nSPS) is 10.8. The SMILES string of the molecule is Cc1ccccc1COc1ccc(/C=N/NC(=O)Cn2cc([N+](=O)[O-])cn2)cc1. The molecule has 3 aromatic rings. The molecular formula is C20H19N5O4. The summed E-state index contributed by atoms with van der Waals surface area (Å²) < 4.78 is 6.95. The molecule has 1 N–H and O–H groups in total. The van der Waals surface area contributed by atoms with Gasteiger partial charge in [-0.1, -0.05) is 24.3 Å². The second-order valence-corrected chi connectivity index (χ2v) is 6.23. The molecule has 0 saturated carbocycles. The maximum absolute atomic E-state index is 11.8. The monoisotopic (exact) mass is 393 g/mol. The van der Waals surface area contributed by atoms with Crippen molar-refractivity contribution in [2.24, 2.45) is 5.10 Å². The molecule has 0 saturated heterocycles. The van der Waals surface area contributed by atoms with Crippen LogP contribution in [0.15, 0.2) is 66.0 Å². The first-order chi connectivity index (χ1) is 14.0. The summed E-state index contributed by atoms with van der Waals surface area (Å²) in [7, 11) is 0. The Hall–Kier alpha value is -4.01. The maximum Gasteiger partial charge on any atom is 0.307 e. The van der Waals surface area contributed by atoms with Crippen molar-refractivity contribution >= 4 is 17.8 Å². The number of nitrogens with one attached hydrogen (secondary N) is 1. The number of aryl methyl sites for hydroxylation is 1. The molecule has 0 aliphatic rings. The number of hydrogen-bond acceptors (Lipinski definition) is 6. The summed E-state index contributed by atoms with van der Waals surface area (Å²) >= 11 is 0. The molecule has 9 heteroatoms. The molecule has 0 bridgehead atoms. The Balaban J connectivity index is 1.47. The van der Waals surface area contributed by atoms with Crippen LogP contribution in [0.5, 0.6) is 5.75 Å². The molecule has 148 valence electrons. The van der Waals surface area contributed by atoms with Crippen LogP contribution < -0.4 is 10.2 Å². The third kappa shape index (κ3) is 5.73. The number of ether oxygens (including phenoxy) is 1. The van der Waals surface area contributed by atoms with Crippen LogP contribution in [0.3, 0.4) is 0 Å². The summed E-state index contributed by atoms with van der Waals surface area (Å²) in [5, 5.41) is 18.2. The summed E-state index contributed by atoms with van der Waals surface area (Å²) in [5.74, 6) is 0.284. The van der Waals surface area contributed by atoms with E-state index in [9.17, 15) is 14.9 Å². The number of carbonyl (C=O) groups excluding carboxylic acids is 1. The van der Waals surface area contributed by atoms with Crippen molar-refractivity contribution in [3.8, 4) is 5.75 Å². The van der Waals surface area contributed by atoms with Crippen LogP contribution >= 0.6 is 0 Å². The summed E-state index contributed by atoms with van der Waals surface area (Å²) in [4.78, 5) is 21.8. The lowest BCUT2D eigenvalue weighted by Crippen LogP contribution is -2.23. The van der Waals surface area contributed by atoms with Gasteiger partial charge in [0.15, 0.2) is 0 Å². The molecule has 0 aliphatic carbocycles. The quantitative estimate of drug-likeness (QED) is 0.359. The number of carbonyl (C=O) groups is 1. The van der Waals surface area contributed by atoms with E-state index in [1.165, 1.54) is 22.7 Å². The zero-order valence-corrected chi connectivity index (χ0v) is 15.7. The van der Waals surface area contributed by atoms with Crippen LogP contribution in [0.1, 0.15) is 16.7 Å². The van der Waals surface area contributed by atoms with Crippen LogP contribution in [0.4, 0.5) is 5.69 Å². The number of amides is 1. The van der Waals surface area contributed by atoms with Gasteiger partial charge in [0, 0.05) is 0 Å². The molecule has 3 rings (SSSR count). The van der Waals surface area contributed by atoms with E-state index >= 15 is 0 Å². The molecule has 2 aromatic carbocycles. The van der Waals surface area contributed by atoms with Gasteiger partial charge < -0.3 is 4.74 Å². The van der Waals surface area contributed by atoms with Gasteiger partial charge in [0.05, 0.1) is 11.1 Å². The van der Waals surface area contributed by atoms with Gasteiger partial charge in [-0.05, 0) is 47.9 Å². The second kappa shape index (κ2) is 9.27. The topological polar surface area (TPSA) is 112 Å². The van der Waals surface area contributed by atoms with Gasteiger partial charge in [0.2, 0.25) is 0 Å². The third-order valence-corrected chi connectivity index (χ3v) is 4.07. The molecule has 0 unspecified atom stereocenters. The Morgan fingerprint density at radius 1 is 1.28 bits per heavy atom. The zero-order chi connectivity index (χ0) is 20.6. The molecule has 0 atom stereocenters. The van der Waals surface area contributed by atoms with Crippen LogP contribution in [-0.4, -0.2) is 26.8 Å². The van der Waals surface area contributed by atoms with Crippen LogP contribution in [0, 0.1) is 17.0 Å². The van der Waals surface area contributed by atoms with E-state index in [0.717, 1.165) is 23.1 Å². The first-order valence-electron chi connectivity index (χ1n) is 8.77. The first-order valence-corrected chi connectivity index (χ1v) is 8.77. The molecule has 29 heavy (non-hydrogen) atoms. The van der Waals surface area contributed by atoms with Crippen LogP contribution in [0.2, 0.25) is 0 Å². The van der Waals surface area contributed by atoms with E-state index in [-0.39, 0.29) is 12.2 Å². The Kier molecular flexibility index (Phi) is 6.31. The molecule has 1 heterocycles. The fraction of sp³-hybridized carbons (Fsp3) is 0.150. The molecule has 1 amide bonds. The van der Waals surface area contributed by atoms with Crippen molar-refractivity contribution in [2.75, 3.05) is 0 Å². The van der Waals surface area contributed by atoms with Crippen LogP contribution in [-0.2, 0) is 17.9 Å². The smallest absolute Gasteiger partial charge is 0.307 e. The van der Waals surface area contributed by atoms with Crippen molar-refractivity contribution in [1.29, 1.82) is 0 Å². The van der Waals surface area contributed by atoms with E-state index in [0.29, 0.717) is 6.61 Å². The second-order valence-electron chi connectivity index (χ2n) is 6.23. The van der Waals surface area contributed by atoms with Gasteiger partial charge in [-0.2, -0.15) is 10.2 Å². The van der Waals surface area contributed by atoms with Gasteiger partial charge in [0.25, 0.3) is 5.91 Å². The first kappa shape index (κ1) is 19.7. The maximum atomic E-state index is 11.8. The van der Waals surface area contributed by atoms with Crippen molar-refractivity contribution in [1.82, 2.24) is 15.2 Å². The van der Waals surface area contributed by atoms with Crippen molar-refractivity contribution < 1.29 is 14.5 Å². The minimum atomic E-state index is -0.575. The van der Waals surface area contributed by atoms with Gasteiger partial charge in [-0.3, -0.25) is 19.6 Å². The predicted octanol–water partition coefficient (Wildman–Crippen LogP) is 2.83. The minimum absolute atomic E-state index is 0.170. The standard InChI is InChI=1S/C20H19N5O4/c1-15-4-2-3-5-17(15)14-29-19-8-6-16(7-9-19)10-21-23-20(26)13-24-12-18(11-22-24)25(27)28/h2-12H,13-14H2,1H3,(H,23,26)/b21-10+. The number of hydrogen-bond donors (Lipinski definition) is 1. The number of nitrogens with zero attached hydrogens (tertiary/aromatic N) is 4. The average molecular weight is 393 g/mol. The van der Waals surface area contributed by atoms with Crippen molar-refractivity contribution in [3.63, 3.8) is 0 Å². The lowest BCUT2D eigenvalue weighted by Gasteiger charge is -2.08. The number of aromatic nitrogens is 2. The summed E-state index contributed by atoms with van der Waals surface area (Å²) in [6.45, 7) is 2.36. The zero-order valence-electron chi connectivity index (χ0n) is 15.7. The van der Waals surface area contributed by atoms with Gasteiger partial charge in [-0.25, -0.2) is 5.43 Å². The van der Waals surface area contributed by atoms with E-state index in [4.69, 9.17) is 4.74 Å². The van der Waals surface area contributed by atoms with E-state index in [1.54, 1.807) is 0 Å². The number of nitro groups is 1. The molecule has 0 radical (unpaired) electrons. The van der Waals surface area contributed by atoms with Gasteiger partial charge in [-0.15, -0.1) is 0 Å². The van der Waals surface area contributed by atoms with Gasteiger partial charge in [0.1, 0.15) is 31.3 Å². The number of hydrazone groups is 1. The fourth-order valence-electron chi connectivity index (χ4n) is 2.48. The number of rotatable bonds is 8. The summed E-state index contributed by atoms with van der Waals surface area (Å²) in [6, 6.07) is 15.3. The third-order valence-electron chi connectivity index (χ3n) is 4.07. The molecule has 1 aromatic heterocycles. The Morgan fingerprint density at radius 3 is 2.72 bits per heavy atom. The highest BCUT2D eigenvalue weighted by molar-refractivity contribution is 5.82. The van der Waals surface area contributed by atoms with Crippen LogP contribution in [0.25, 0.3) is 0 Å². The highest BCUT2D eigenvalue weighted by atomic mass is 16.6. The largest absolute Gasteiger partial charge is 0.489 e. The lowest BCUT2D eigenvalue weighted by atomic mass is 10.1. The lowest BCUT2D eigenvalue weighted by molar-refractivity contribution is -0.385. The molecular weight excluding hydrogens is 374 g/mol. The average Bonchev–Trinajstić information content (AvgIpc) is 3.17. The molecule has 0 aliphatic heterocycles. The van der Waals surface area contributed by atoms with E-state index in [1.807, 2.05) is 55.5 Å². The molecule has 9 nitrogen and oxygen atoms in total. The summed E-state index contributed by atoms with van der Waals surface area (Å²) in [5.41, 5.74) is 5.27. The van der Waals surface area contributed by atoms with E-state index < -0.39 is 10.8 Å². The number of benzene rings is 2. The molecule has 0 spiro atoms. The Morgan fingerprint density at radius 2 is 2.03 bits per heavy atom. The van der Waals surface area contributed by atoms with Gasteiger partial charge >= 0.3 is 5.69 Å².